The molecule has 1 amide bonds. The van der Waals surface area contributed by atoms with Gasteiger partial charge in [-0.3, -0.25) is 4.79 Å². The summed E-state index contributed by atoms with van der Waals surface area (Å²) < 4.78 is 5.42. The molecular formula is C13H23NO4. The van der Waals surface area contributed by atoms with Crippen molar-refractivity contribution in [1.82, 2.24) is 5.32 Å². The molecule has 1 aliphatic rings. The van der Waals surface area contributed by atoms with E-state index in [0.717, 1.165) is 19.4 Å². The van der Waals surface area contributed by atoms with Crippen molar-refractivity contribution in [3.63, 3.8) is 0 Å². The van der Waals surface area contributed by atoms with E-state index in [1.807, 2.05) is 13.8 Å². The molecule has 2 atom stereocenters. The van der Waals surface area contributed by atoms with Gasteiger partial charge < -0.3 is 15.2 Å². The first-order chi connectivity index (χ1) is 8.49. The summed E-state index contributed by atoms with van der Waals surface area (Å²) in [6.45, 7) is 4.65. The minimum absolute atomic E-state index is 0.170. The Morgan fingerprint density at radius 3 is 2.67 bits per heavy atom. The van der Waals surface area contributed by atoms with E-state index in [2.05, 4.69) is 5.32 Å². The lowest BCUT2D eigenvalue weighted by Crippen LogP contribution is -2.41. The highest BCUT2D eigenvalue weighted by molar-refractivity contribution is 5.83. The molecule has 104 valence electrons. The van der Waals surface area contributed by atoms with E-state index >= 15 is 0 Å². The average Bonchev–Trinajstić information content (AvgIpc) is 2.77. The van der Waals surface area contributed by atoms with Crippen molar-refractivity contribution in [2.75, 3.05) is 6.61 Å². The molecule has 0 spiro atoms. The second kappa shape index (κ2) is 7.36. The molecule has 1 rings (SSSR count). The van der Waals surface area contributed by atoms with Gasteiger partial charge in [0.1, 0.15) is 6.04 Å². The predicted molar refractivity (Wildman–Crippen MR) is 67.2 cm³/mol. The summed E-state index contributed by atoms with van der Waals surface area (Å²) >= 11 is 0. The molecule has 2 N–H and O–H groups in total. The van der Waals surface area contributed by atoms with Gasteiger partial charge in [0.05, 0.1) is 6.10 Å². The summed E-state index contributed by atoms with van der Waals surface area (Å²) in [6, 6.07) is -0.776. The van der Waals surface area contributed by atoms with Gasteiger partial charge in [-0.15, -0.1) is 0 Å². The Balaban J connectivity index is 2.29. The molecule has 0 aromatic rings. The highest BCUT2D eigenvalue weighted by Gasteiger charge is 2.22. The number of rotatable bonds is 7. The molecule has 18 heavy (non-hydrogen) atoms. The summed E-state index contributed by atoms with van der Waals surface area (Å²) in [5.74, 6) is -0.919. The summed E-state index contributed by atoms with van der Waals surface area (Å²) in [6.07, 6.45) is 3.70. The van der Waals surface area contributed by atoms with Crippen molar-refractivity contribution in [1.29, 1.82) is 0 Å². The van der Waals surface area contributed by atoms with Crippen LogP contribution in [0, 0.1) is 5.92 Å². The van der Waals surface area contributed by atoms with E-state index < -0.39 is 12.0 Å². The van der Waals surface area contributed by atoms with E-state index in [1.54, 1.807) is 0 Å². The third-order valence-electron chi connectivity index (χ3n) is 3.06. The van der Waals surface area contributed by atoms with Crippen molar-refractivity contribution >= 4 is 11.9 Å². The SMILES string of the molecule is CC(C)C[C@H](NC(=O)CCC1CCCO1)C(=O)O. The Hall–Kier alpha value is -1.10. The first-order valence-electron chi connectivity index (χ1n) is 6.62. The highest BCUT2D eigenvalue weighted by atomic mass is 16.5. The van der Waals surface area contributed by atoms with Crippen molar-refractivity contribution in [2.45, 2.75) is 58.1 Å². The van der Waals surface area contributed by atoms with Crippen molar-refractivity contribution < 1.29 is 19.4 Å². The van der Waals surface area contributed by atoms with Gasteiger partial charge in [-0.1, -0.05) is 13.8 Å². The van der Waals surface area contributed by atoms with Gasteiger partial charge in [-0.25, -0.2) is 4.79 Å². The van der Waals surface area contributed by atoms with Crippen LogP contribution in [0.3, 0.4) is 0 Å². The van der Waals surface area contributed by atoms with Crippen molar-refractivity contribution in [3.05, 3.63) is 0 Å². The van der Waals surface area contributed by atoms with E-state index in [0.29, 0.717) is 19.3 Å². The Labute approximate surface area is 108 Å². The number of aliphatic carboxylic acids is 1. The third kappa shape index (κ3) is 5.49. The van der Waals surface area contributed by atoms with Gasteiger partial charge in [-0.05, 0) is 31.6 Å². The molecule has 0 aromatic heterocycles. The van der Waals surface area contributed by atoms with Gasteiger partial charge in [0.2, 0.25) is 5.91 Å². The van der Waals surface area contributed by atoms with Gasteiger partial charge in [0.15, 0.2) is 0 Å². The van der Waals surface area contributed by atoms with E-state index in [-0.39, 0.29) is 17.9 Å². The van der Waals surface area contributed by atoms with Crippen LogP contribution in [-0.4, -0.2) is 35.7 Å². The van der Waals surface area contributed by atoms with E-state index in [1.165, 1.54) is 0 Å². The van der Waals surface area contributed by atoms with Crippen LogP contribution >= 0.6 is 0 Å². The molecule has 1 heterocycles. The summed E-state index contributed by atoms with van der Waals surface area (Å²) in [5.41, 5.74) is 0. The van der Waals surface area contributed by atoms with Crippen LogP contribution in [0.5, 0.6) is 0 Å². The van der Waals surface area contributed by atoms with Crippen LogP contribution in [0.1, 0.15) is 46.0 Å². The molecule has 0 bridgehead atoms. The minimum atomic E-state index is -0.964. The molecule has 1 unspecified atom stereocenters. The van der Waals surface area contributed by atoms with Crippen molar-refractivity contribution in [2.24, 2.45) is 5.92 Å². The zero-order chi connectivity index (χ0) is 13.5. The number of carbonyl (C=O) groups is 2. The fourth-order valence-corrected chi connectivity index (χ4v) is 2.12. The first-order valence-corrected chi connectivity index (χ1v) is 6.62. The van der Waals surface area contributed by atoms with Gasteiger partial charge in [0.25, 0.3) is 0 Å². The largest absolute Gasteiger partial charge is 0.480 e. The maximum absolute atomic E-state index is 11.7. The van der Waals surface area contributed by atoms with Crippen molar-refractivity contribution in [3.8, 4) is 0 Å². The molecule has 1 fully saturated rings. The first kappa shape index (κ1) is 15.0. The van der Waals surface area contributed by atoms with Crippen LogP contribution in [0.2, 0.25) is 0 Å². The fourth-order valence-electron chi connectivity index (χ4n) is 2.12. The second-order valence-corrected chi connectivity index (χ2v) is 5.26. The molecular weight excluding hydrogens is 234 g/mol. The lowest BCUT2D eigenvalue weighted by Gasteiger charge is -2.17. The zero-order valence-corrected chi connectivity index (χ0v) is 11.1. The molecule has 5 heteroatoms. The minimum Gasteiger partial charge on any atom is -0.480 e. The molecule has 0 saturated carbocycles. The van der Waals surface area contributed by atoms with Crippen LogP contribution in [0.25, 0.3) is 0 Å². The number of hydrogen-bond acceptors (Lipinski definition) is 3. The average molecular weight is 257 g/mol. The van der Waals surface area contributed by atoms with E-state index in [9.17, 15) is 9.59 Å². The molecule has 5 nitrogen and oxygen atoms in total. The van der Waals surface area contributed by atoms with Crippen LogP contribution in [0.4, 0.5) is 0 Å². The molecule has 1 saturated heterocycles. The second-order valence-electron chi connectivity index (χ2n) is 5.26. The smallest absolute Gasteiger partial charge is 0.326 e. The molecule has 0 radical (unpaired) electrons. The van der Waals surface area contributed by atoms with E-state index in [4.69, 9.17) is 9.84 Å². The number of hydrogen-bond donors (Lipinski definition) is 2. The molecule has 0 aromatic carbocycles. The topological polar surface area (TPSA) is 75.6 Å². The Morgan fingerprint density at radius 1 is 1.44 bits per heavy atom. The van der Waals surface area contributed by atoms with Crippen LogP contribution in [-0.2, 0) is 14.3 Å². The molecule has 0 aliphatic carbocycles. The predicted octanol–water partition coefficient (Wildman–Crippen LogP) is 1.56. The number of amides is 1. The maximum atomic E-state index is 11.7. The number of nitrogens with one attached hydrogen (secondary N) is 1. The lowest BCUT2D eigenvalue weighted by molar-refractivity contribution is -0.142. The summed E-state index contributed by atoms with van der Waals surface area (Å²) in [7, 11) is 0. The quantitative estimate of drug-likeness (QED) is 0.725. The Kier molecular flexibility index (Phi) is 6.12. The maximum Gasteiger partial charge on any atom is 0.326 e. The normalized spacial score (nSPS) is 20.9. The highest BCUT2D eigenvalue weighted by Crippen LogP contribution is 2.16. The number of carboxylic acid groups (broad SMARTS) is 1. The number of ether oxygens (including phenoxy) is 1. The Bertz CT molecular complexity index is 285. The standard InChI is InChI=1S/C13H23NO4/c1-9(2)8-11(13(16)17)14-12(15)6-5-10-4-3-7-18-10/h9-11H,3-8H2,1-2H3,(H,14,15)(H,16,17)/t10?,11-/m0/s1. The fraction of sp³-hybridized carbons (Fsp3) is 0.846. The monoisotopic (exact) mass is 257 g/mol. The summed E-state index contributed by atoms with van der Waals surface area (Å²) in [4.78, 5) is 22.7. The van der Waals surface area contributed by atoms with Crippen LogP contribution in [0.15, 0.2) is 0 Å². The third-order valence-corrected chi connectivity index (χ3v) is 3.06. The number of carboxylic acids is 1. The summed E-state index contributed by atoms with van der Waals surface area (Å²) in [5, 5.41) is 11.6. The zero-order valence-electron chi connectivity index (χ0n) is 11.1. The van der Waals surface area contributed by atoms with Gasteiger partial charge in [-0.2, -0.15) is 0 Å². The Morgan fingerprint density at radius 2 is 2.17 bits per heavy atom. The van der Waals surface area contributed by atoms with Crippen LogP contribution < -0.4 is 5.32 Å². The van der Waals surface area contributed by atoms with Gasteiger partial charge in [0, 0.05) is 13.0 Å². The lowest BCUT2D eigenvalue weighted by atomic mass is 10.0. The number of carbonyl (C=O) groups excluding carboxylic acids is 1. The molecule has 1 aliphatic heterocycles. The van der Waals surface area contributed by atoms with Gasteiger partial charge >= 0.3 is 5.97 Å².